The first-order valence-electron chi connectivity index (χ1n) is 7.51. The maximum absolute atomic E-state index is 13.1. The minimum atomic E-state index is -0.349. The van der Waals surface area contributed by atoms with Crippen LogP contribution in [0.5, 0.6) is 11.6 Å². The number of rotatable bonds is 6. The number of hydrogen-bond donors (Lipinski definition) is 2. The molecule has 0 aliphatic heterocycles. The summed E-state index contributed by atoms with van der Waals surface area (Å²) in [5, 5.41) is 3.10. The van der Waals surface area contributed by atoms with Crippen molar-refractivity contribution < 1.29 is 9.13 Å². The van der Waals surface area contributed by atoms with Gasteiger partial charge in [-0.1, -0.05) is 19.1 Å². The molecular formula is C17H22FIN4O. The van der Waals surface area contributed by atoms with E-state index in [1.807, 2.05) is 13.0 Å². The Labute approximate surface area is 158 Å². The van der Waals surface area contributed by atoms with E-state index in [1.165, 1.54) is 12.1 Å². The molecule has 3 N–H and O–H groups in total. The first-order chi connectivity index (χ1) is 11.1. The van der Waals surface area contributed by atoms with Gasteiger partial charge in [-0.05, 0) is 31.0 Å². The fourth-order valence-electron chi connectivity index (χ4n) is 1.79. The van der Waals surface area contributed by atoms with Gasteiger partial charge in [-0.25, -0.2) is 14.4 Å². The second-order valence-electron chi connectivity index (χ2n) is 5.22. The van der Waals surface area contributed by atoms with Gasteiger partial charge in [0.05, 0.1) is 6.54 Å². The number of nitrogens with one attached hydrogen (secondary N) is 1. The number of aliphatic imine (C=N–C) groups is 1. The topological polar surface area (TPSA) is 72.5 Å². The van der Waals surface area contributed by atoms with Crippen molar-refractivity contribution in [1.82, 2.24) is 10.3 Å². The van der Waals surface area contributed by atoms with Gasteiger partial charge in [0, 0.05) is 24.4 Å². The van der Waals surface area contributed by atoms with Crippen LogP contribution in [-0.4, -0.2) is 17.0 Å². The Balaban J connectivity index is 0.00000288. The summed E-state index contributed by atoms with van der Waals surface area (Å²) in [7, 11) is 0. The highest BCUT2D eigenvalue weighted by atomic mass is 127. The summed E-state index contributed by atoms with van der Waals surface area (Å²) in [5.74, 6) is 0.872. The summed E-state index contributed by atoms with van der Waals surface area (Å²) in [6, 6.07) is 9.78. The normalized spacial score (nSPS) is 12.2. The molecule has 5 nitrogen and oxygen atoms in total. The van der Waals surface area contributed by atoms with Crippen LogP contribution in [0.3, 0.4) is 0 Å². The Hall–Kier alpha value is -1.90. The quantitative estimate of drug-likeness (QED) is 0.404. The molecule has 0 bridgehead atoms. The standard InChI is InChI=1S/C17H21FN4O.HI/c1-3-12(2)22-17(19)21-11-13-7-8-16(20-10-13)23-15-6-4-5-14(18)9-15;/h4-10,12H,3,11H2,1-2H3,(H3,19,21,22);1H. The number of aromatic nitrogens is 1. The van der Waals surface area contributed by atoms with Crippen molar-refractivity contribution in [3.05, 3.63) is 54.0 Å². The van der Waals surface area contributed by atoms with Gasteiger partial charge in [0.25, 0.3) is 0 Å². The largest absolute Gasteiger partial charge is 0.439 e. The van der Waals surface area contributed by atoms with Crippen LogP contribution >= 0.6 is 24.0 Å². The Morgan fingerprint density at radius 1 is 1.38 bits per heavy atom. The molecule has 0 saturated heterocycles. The minimum Gasteiger partial charge on any atom is -0.439 e. The smallest absolute Gasteiger partial charge is 0.219 e. The lowest BCUT2D eigenvalue weighted by atomic mass is 10.3. The van der Waals surface area contributed by atoms with E-state index >= 15 is 0 Å². The molecule has 0 saturated carbocycles. The molecule has 0 amide bonds. The lowest BCUT2D eigenvalue weighted by Gasteiger charge is -2.11. The summed E-state index contributed by atoms with van der Waals surface area (Å²) < 4.78 is 18.6. The lowest BCUT2D eigenvalue weighted by Crippen LogP contribution is -2.38. The molecule has 7 heteroatoms. The zero-order chi connectivity index (χ0) is 16.7. The molecule has 0 spiro atoms. The van der Waals surface area contributed by atoms with Crippen molar-refractivity contribution in [1.29, 1.82) is 0 Å². The van der Waals surface area contributed by atoms with Gasteiger partial charge >= 0.3 is 0 Å². The zero-order valence-corrected chi connectivity index (χ0v) is 16.0. The van der Waals surface area contributed by atoms with E-state index in [0.29, 0.717) is 30.2 Å². The predicted octanol–water partition coefficient (Wildman–Crippen LogP) is 3.83. The molecule has 1 aromatic carbocycles. The number of nitrogens with zero attached hydrogens (tertiary/aromatic N) is 2. The molecular weight excluding hydrogens is 422 g/mol. The van der Waals surface area contributed by atoms with Crippen LogP contribution in [0.4, 0.5) is 4.39 Å². The van der Waals surface area contributed by atoms with E-state index in [9.17, 15) is 4.39 Å². The Morgan fingerprint density at radius 3 is 2.79 bits per heavy atom. The van der Waals surface area contributed by atoms with Crippen LogP contribution in [0.25, 0.3) is 0 Å². The van der Waals surface area contributed by atoms with Crippen LogP contribution in [-0.2, 0) is 6.54 Å². The number of ether oxygens (including phenoxy) is 1. The molecule has 24 heavy (non-hydrogen) atoms. The molecule has 0 aliphatic rings. The molecule has 1 atom stereocenters. The van der Waals surface area contributed by atoms with Crippen LogP contribution in [0, 0.1) is 5.82 Å². The van der Waals surface area contributed by atoms with Gasteiger partial charge in [0.15, 0.2) is 5.96 Å². The second-order valence-corrected chi connectivity index (χ2v) is 5.22. The van der Waals surface area contributed by atoms with Crippen molar-refractivity contribution in [3.63, 3.8) is 0 Å². The van der Waals surface area contributed by atoms with Crippen LogP contribution in [0.15, 0.2) is 47.6 Å². The van der Waals surface area contributed by atoms with E-state index in [4.69, 9.17) is 10.5 Å². The summed E-state index contributed by atoms with van der Waals surface area (Å²) in [6.07, 6.45) is 2.64. The number of benzene rings is 1. The Kier molecular flexibility index (Phi) is 8.45. The number of halogens is 2. The highest BCUT2D eigenvalue weighted by Gasteiger charge is 2.02. The fourth-order valence-corrected chi connectivity index (χ4v) is 1.79. The third-order valence-electron chi connectivity index (χ3n) is 3.25. The molecule has 0 fully saturated rings. The molecule has 130 valence electrons. The average molecular weight is 444 g/mol. The van der Waals surface area contributed by atoms with E-state index in [0.717, 1.165) is 12.0 Å². The Morgan fingerprint density at radius 2 is 2.17 bits per heavy atom. The predicted molar refractivity (Wildman–Crippen MR) is 104 cm³/mol. The third-order valence-corrected chi connectivity index (χ3v) is 3.25. The summed E-state index contributed by atoms with van der Waals surface area (Å²) in [4.78, 5) is 8.44. The van der Waals surface area contributed by atoms with E-state index in [-0.39, 0.29) is 29.8 Å². The average Bonchev–Trinajstić information content (AvgIpc) is 2.54. The third kappa shape index (κ3) is 6.69. The fraction of sp³-hybridized carbons (Fsp3) is 0.294. The van der Waals surface area contributed by atoms with Crippen molar-refractivity contribution in [2.24, 2.45) is 10.7 Å². The maximum Gasteiger partial charge on any atom is 0.219 e. The summed E-state index contributed by atoms with van der Waals surface area (Å²) in [5.41, 5.74) is 6.71. The Bertz CT molecular complexity index is 664. The zero-order valence-electron chi connectivity index (χ0n) is 13.7. The molecule has 1 unspecified atom stereocenters. The SMILES string of the molecule is CCC(C)NC(N)=NCc1ccc(Oc2cccc(F)c2)nc1.I. The van der Waals surface area contributed by atoms with Crippen molar-refractivity contribution in [2.45, 2.75) is 32.9 Å². The van der Waals surface area contributed by atoms with Gasteiger partial charge in [-0.3, -0.25) is 0 Å². The van der Waals surface area contributed by atoms with Gasteiger partial charge in [0.2, 0.25) is 5.88 Å². The first kappa shape index (κ1) is 20.1. The van der Waals surface area contributed by atoms with Crippen molar-refractivity contribution >= 4 is 29.9 Å². The minimum absolute atomic E-state index is 0. The molecule has 0 aliphatic carbocycles. The highest BCUT2D eigenvalue weighted by Crippen LogP contribution is 2.20. The van der Waals surface area contributed by atoms with Gasteiger partial charge in [-0.15, -0.1) is 24.0 Å². The van der Waals surface area contributed by atoms with Crippen LogP contribution in [0.2, 0.25) is 0 Å². The molecule has 0 radical (unpaired) electrons. The number of nitrogens with two attached hydrogens (primary N) is 1. The number of guanidine groups is 1. The molecule has 1 aromatic heterocycles. The van der Waals surface area contributed by atoms with Crippen LogP contribution in [0.1, 0.15) is 25.8 Å². The molecule has 2 aromatic rings. The summed E-state index contributed by atoms with van der Waals surface area (Å²) in [6.45, 7) is 4.55. The van der Waals surface area contributed by atoms with Crippen LogP contribution < -0.4 is 15.8 Å². The second kappa shape index (κ2) is 10.1. The van der Waals surface area contributed by atoms with Gasteiger partial charge in [-0.2, -0.15) is 0 Å². The van der Waals surface area contributed by atoms with E-state index < -0.39 is 0 Å². The van der Waals surface area contributed by atoms with Crippen molar-refractivity contribution in [3.8, 4) is 11.6 Å². The lowest BCUT2D eigenvalue weighted by molar-refractivity contribution is 0.457. The monoisotopic (exact) mass is 444 g/mol. The van der Waals surface area contributed by atoms with E-state index in [1.54, 1.807) is 24.4 Å². The van der Waals surface area contributed by atoms with Gasteiger partial charge < -0.3 is 15.8 Å². The molecule has 1 heterocycles. The highest BCUT2D eigenvalue weighted by molar-refractivity contribution is 14.0. The number of pyridine rings is 1. The number of hydrogen-bond acceptors (Lipinski definition) is 3. The van der Waals surface area contributed by atoms with Gasteiger partial charge in [0.1, 0.15) is 11.6 Å². The molecule has 2 rings (SSSR count). The van der Waals surface area contributed by atoms with Crippen molar-refractivity contribution in [2.75, 3.05) is 0 Å². The first-order valence-corrected chi connectivity index (χ1v) is 7.51. The van der Waals surface area contributed by atoms with E-state index in [2.05, 4.69) is 22.2 Å². The maximum atomic E-state index is 13.1. The summed E-state index contributed by atoms with van der Waals surface area (Å²) >= 11 is 0.